The Hall–Kier alpha value is -1.94. The van der Waals surface area contributed by atoms with Crippen molar-refractivity contribution in [2.45, 2.75) is 446 Å². The van der Waals surface area contributed by atoms with Crippen LogP contribution in [-0.2, 0) is 65.4 Å². The van der Waals surface area contributed by atoms with E-state index >= 15 is 0 Å². The maximum atomic E-state index is 13.1. The lowest BCUT2D eigenvalue weighted by Gasteiger charge is -2.21. The zero-order chi connectivity index (χ0) is 75.3. The Morgan fingerprint density at radius 2 is 0.471 bits per heavy atom. The number of esters is 4. The predicted octanol–water partition coefficient (Wildman–Crippen LogP) is 24.8. The van der Waals surface area contributed by atoms with E-state index in [1.165, 1.54) is 225 Å². The summed E-state index contributed by atoms with van der Waals surface area (Å²) >= 11 is 0. The second kappa shape index (κ2) is 72.0. The predicted molar refractivity (Wildman–Crippen MR) is 418 cm³/mol. The maximum absolute atomic E-state index is 13.1. The normalized spacial score (nSPS) is 14.5. The van der Waals surface area contributed by atoms with Gasteiger partial charge >= 0.3 is 39.5 Å². The van der Waals surface area contributed by atoms with Gasteiger partial charge in [-0.2, -0.15) is 0 Å². The summed E-state index contributed by atoms with van der Waals surface area (Å²) in [5.41, 5.74) is 0. The SMILES string of the molecule is CCC(C)CCCCCCCCCCCCCCCCCCCCC(=O)OC[C@H](COP(=O)(O)OC[C@@H](O)COP(=O)(O)OC[C@@H](COC(=O)CCCCCCCCC(C)C)OC(=O)CCCCCCCCCCCCCCCCC(C)C)OC(=O)CCCCCCCCCCCCC(C)CC. The molecular formula is C83H162O17P2. The van der Waals surface area contributed by atoms with Crippen molar-refractivity contribution in [2.24, 2.45) is 23.7 Å². The minimum absolute atomic E-state index is 0.106. The van der Waals surface area contributed by atoms with Crippen LogP contribution in [0.4, 0.5) is 0 Å². The van der Waals surface area contributed by atoms with E-state index in [0.29, 0.717) is 31.6 Å². The van der Waals surface area contributed by atoms with Crippen LogP contribution in [0.25, 0.3) is 0 Å². The van der Waals surface area contributed by atoms with Crippen LogP contribution in [-0.4, -0.2) is 96.7 Å². The summed E-state index contributed by atoms with van der Waals surface area (Å²) in [6, 6.07) is 0. The molecule has 0 radical (unpaired) electrons. The Morgan fingerprint density at radius 3 is 0.696 bits per heavy atom. The van der Waals surface area contributed by atoms with Crippen LogP contribution < -0.4 is 0 Å². The smallest absolute Gasteiger partial charge is 0.462 e. The topological polar surface area (TPSA) is 237 Å². The molecule has 3 N–H and O–H groups in total. The average Bonchev–Trinajstić information content (AvgIpc) is 0.919. The zero-order valence-corrected chi connectivity index (χ0v) is 69.0. The first-order chi connectivity index (χ1) is 49.2. The molecule has 0 heterocycles. The zero-order valence-electron chi connectivity index (χ0n) is 67.2. The Labute approximate surface area is 626 Å². The van der Waals surface area contributed by atoms with E-state index in [-0.39, 0.29) is 25.7 Å². The van der Waals surface area contributed by atoms with Crippen molar-refractivity contribution in [1.29, 1.82) is 0 Å². The second-order valence-electron chi connectivity index (χ2n) is 31.3. The highest BCUT2D eigenvalue weighted by Crippen LogP contribution is 2.45. The van der Waals surface area contributed by atoms with Gasteiger partial charge in [-0.1, -0.05) is 376 Å². The molecule has 0 aromatic carbocycles. The number of phosphoric ester groups is 2. The summed E-state index contributed by atoms with van der Waals surface area (Å²) in [5, 5.41) is 10.6. The highest BCUT2D eigenvalue weighted by molar-refractivity contribution is 7.47. The molecular weight excluding hydrogens is 1330 g/mol. The van der Waals surface area contributed by atoms with Crippen molar-refractivity contribution in [1.82, 2.24) is 0 Å². The molecule has 19 heteroatoms. The number of phosphoric acid groups is 2. The number of carbonyl (C=O) groups excluding carboxylic acids is 4. The van der Waals surface area contributed by atoms with E-state index in [9.17, 15) is 43.2 Å². The van der Waals surface area contributed by atoms with Gasteiger partial charge in [0.1, 0.15) is 19.3 Å². The third-order valence-electron chi connectivity index (χ3n) is 20.0. The Balaban J connectivity index is 5.18. The summed E-state index contributed by atoms with van der Waals surface area (Å²) in [6.45, 7) is 14.3. The lowest BCUT2D eigenvalue weighted by Crippen LogP contribution is -2.30. The van der Waals surface area contributed by atoms with Crippen molar-refractivity contribution >= 4 is 39.5 Å². The molecule has 0 aromatic rings. The third kappa shape index (κ3) is 73.6. The fraction of sp³-hybridized carbons (Fsp3) is 0.952. The van der Waals surface area contributed by atoms with Gasteiger partial charge in [-0.05, 0) is 49.4 Å². The Bertz CT molecular complexity index is 1990. The molecule has 17 nitrogen and oxygen atoms in total. The minimum atomic E-state index is -4.96. The summed E-state index contributed by atoms with van der Waals surface area (Å²) in [4.78, 5) is 73.0. The molecule has 0 aromatic heterocycles. The van der Waals surface area contributed by atoms with Crippen LogP contribution in [0.2, 0.25) is 0 Å². The summed E-state index contributed by atoms with van der Waals surface area (Å²) in [7, 11) is -9.92. The molecule has 0 aliphatic carbocycles. The molecule has 0 bridgehead atoms. The van der Waals surface area contributed by atoms with Gasteiger partial charge in [0.2, 0.25) is 0 Å². The molecule has 4 unspecified atom stereocenters. The Kier molecular flexibility index (Phi) is 70.6. The molecule has 0 spiro atoms. The van der Waals surface area contributed by atoms with E-state index < -0.39 is 97.5 Å². The van der Waals surface area contributed by atoms with E-state index in [4.69, 9.17) is 37.0 Å². The number of aliphatic hydroxyl groups is 1. The second-order valence-corrected chi connectivity index (χ2v) is 34.2. The maximum Gasteiger partial charge on any atom is 0.472 e. The molecule has 7 atom stereocenters. The fourth-order valence-electron chi connectivity index (χ4n) is 12.7. The number of hydrogen-bond donors (Lipinski definition) is 3. The van der Waals surface area contributed by atoms with Crippen molar-refractivity contribution in [3.05, 3.63) is 0 Å². The van der Waals surface area contributed by atoms with Crippen LogP contribution in [0.1, 0.15) is 428 Å². The molecule has 0 aliphatic rings. The van der Waals surface area contributed by atoms with E-state index in [0.717, 1.165) is 114 Å². The number of unbranched alkanes of at least 4 members (excludes halogenated alkanes) is 44. The van der Waals surface area contributed by atoms with Gasteiger partial charge < -0.3 is 33.8 Å². The van der Waals surface area contributed by atoms with Gasteiger partial charge in [0.25, 0.3) is 0 Å². The van der Waals surface area contributed by atoms with E-state index in [1.807, 2.05) is 0 Å². The molecule has 606 valence electrons. The minimum Gasteiger partial charge on any atom is -0.462 e. The summed E-state index contributed by atoms with van der Waals surface area (Å²) in [6.07, 6.45) is 59.8. The standard InChI is InChI=1S/C83H162O17P2/c1-9-75(7)61-53-45-36-30-24-20-15-13-11-12-14-16-21-25-32-38-47-55-63-80(85)93-69-78(99-83(88)66-58-50-40-34-28-27-31-37-46-54-62-76(8)10-2)71-97-101(89,90)95-67-77(84)68-96-102(91,92)98-72-79(70-94-81(86)64-56-48-42-41-44-52-60-74(5)6)100-82(87)65-57-49-39-33-26-22-18-17-19-23-29-35-43-51-59-73(3)4/h73-79,84H,9-72H2,1-8H3,(H,89,90)(H,91,92)/t75?,76?,77-,78-,79-/m1/s1. The van der Waals surface area contributed by atoms with Gasteiger partial charge in [0.15, 0.2) is 12.2 Å². The lowest BCUT2D eigenvalue weighted by atomic mass is 9.99. The van der Waals surface area contributed by atoms with Crippen LogP contribution in [0.15, 0.2) is 0 Å². The molecule has 0 fully saturated rings. The number of aliphatic hydroxyl groups excluding tert-OH is 1. The lowest BCUT2D eigenvalue weighted by molar-refractivity contribution is -0.161. The van der Waals surface area contributed by atoms with Crippen LogP contribution in [0, 0.1) is 23.7 Å². The Morgan fingerprint density at radius 1 is 0.275 bits per heavy atom. The first-order valence-electron chi connectivity index (χ1n) is 42.8. The van der Waals surface area contributed by atoms with Gasteiger partial charge in [0.05, 0.1) is 26.4 Å². The third-order valence-corrected chi connectivity index (χ3v) is 21.9. The van der Waals surface area contributed by atoms with Gasteiger partial charge in [-0.25, -0.2) is 9.13 Å². The first-order valence-corrected chi connectivity index (χ1v) is 45.8. The van der Waals surface area contributed by atoms with Crippen molar-refractivity contribution in [3.8, 4) is 0 Å². The highest BCUT2D eigenvalue weighted by Gasteiger charge is 2.30. The van der Waals surface area contributed by atoms with Gasteiger partial charge in [-0.15, -0.1) is 0 Å². The number of rotatable bonds is 80. The number of carbonyl (C=O) groups is 4. The van der Waals surface area contributed by atoms with Gasteiger partial charge in [0, 0.05) is 25.7 Å². The molecule has 0 saturated heterocycles. The van der Waals surface area contributed by atoms with E-state index in [1.54, 1.807) is 0 Å². The molecule has 0 rings (SSSR count). The van der Waals surface area contributed by atoms with Gasteiger partial charge in [-0.3, -0.25) is 37.3 Å². The summed E-state index contributed by atoms with van der Waals surface area (Å²) in [5.74, 6) is 1.04. The van der Waals surface area contributed by atoms with Crippen LogP contribution >= 0.6 is 15.6 Å². The molecule has 0 aliphatic heterocycles. The number of hydrogen-bond acceptors (Lipinski definition) is 15. The molecule has 102 heavy (non-hydrogen) atoms. The van der Waals surface area contributed by atoms with Crippen LogP contribution in [0.3, 0.4) is 0 Å². The monoisotopic (exact) mass is 1490 g/mol. The van der Waals surface area contributed by atoms with Crippen molar-refractivity contribution in [3.63, 3.8) is 0 Å². The van der Waals surface area contributed by atoms with E-state index in [2.05, 4.69) is 55.4 Å². The summed E-state index contributed by atoms with van der Waals surface area (Å²) < 4.78 is 68.7. The first kappa shape index (κ1) is 100. The molecule has 0 amide bonds. The van der Waals surface area contributed by atoms with Crippen molar-refractivity contribution < 1.29 is 80.2 Å². The molecule has 0 saturated carbocycles. The highest BCUT2D eigenvalue weighted by atomic mass is 31.2. The average molecular weight is 1490 g/mol. The quantitative estimate of drug-likeness (QED) is 0.0222. The fourth-order valence-corrected chi connectivity index (χ4v) is 14.3. The number of ether oxygens (including phenoxy) is 4. The largest absolute Gasteiger partial charge is 0.472 e. The van der Waals surface area contributed by atoms with Crippen LogP contribution in [0.5, 0.6) is 0 Å². The van der Waals surface area contributed by atoms with Crippen molar-refractivity contribution in [2.75, 3.05) is 39.6 Å².